The number of aliphatic hydroxyl groups excluding tert-OH is 1. The fourth-order valence-electron chi connectivity index (χ4n) is 4.79. The summed E-state index contributed by atoms with van der Waals surface area (Å²) in [5.41, 5.74) is 0.0670. The highest BCUT2D eigenvalue weighted by molar-refractivity contribution is 5.74. The molecular weight excluding hydrogens is 228 g/mol. The number of nitrogens with one attached hydrogen (secondary N) is 2. The second kappa shape index (κ2) is 4.41. The molecular formula is C14H24N2O2. The highest BCUT2D eigenvalue weighted by Gasteiger charge is 2.51. The van der Waals surface area contributed by atoms with E-state index in [0.29, 0.717) is 6.54 Å². The number of carbonyl (C=O) groups excluding carboxylic acids is 1. The molecule has 0 radical (unpaired) electrons. The van der Waals surface area contributed by atoms with Crippen LogP contribution in [0, 0.1) is 17.8 Å². The quantitative estimate of drug-likeness (QED) is 0.715. The van der Waals surface area contributed by atoms with Gasteiger partial charge in [-0.15, -0.1) is 0 Å². The van der Waals surface area contributed by atoms with Crippen LogP contribution in [0.4, 0.5) is 4.79 Å². The second-order valence-electron chi connectivity index (χ2n) is 6.88. The van der Waals surface area contributed by atoms with E-state index in [1.165, 1.54) is 38.5 Å². The summed E-state index contributed by atoms with van der Waals surface area (Å²) in [5.74, 6) is 2.52. The maximum absolute atomic E-state index is 11.9. The summed E-state index contributed by atoms with van der Waals surface area (Å²) in [4.78, 5) is 11.9. The number of amides is 2. The van der Waals surface area contributed by atoms with Crippen molar-refractivity contribution < 1.29 is 9.90 Å². The molecule has 0 saturated heterocycles. The maximum Gasteiger partial charge on any atom is 0.315 e. The van der Waals surface area contributed by atoms with Gasteiger partial charge in [0.05, 0.1) is 6.10 Å². The number of rotatable bonds is 3. The first-order chi connectivity index (χ1) is 8.55. The normalized spacial score (nSPS) is 42.7. The first kappa shape index (κ1) is 12.3. The van der Waals surface area contributed by atoms with Crippen molar-refractivity contribution >= 4 is 6.03 Å². The minimum Gasteiger partial charge on any atom is -0.392 e. The lowest BCUT2D eigenvalue weighted by Gasteiger charge is -2.56. The summed E-state index contributed by atoms with van der Waals surface area (Å²) >= 11 is 0. The van der Waals surface area contributed by atoms with Gasteiger partial charge in [0.2, 0.25) is 0 Å². The Morgan fingerprint density at radius 1 is 1.22 bits per heavy atom. The summed E-state index contributed by atoms with van der Waals surface area (Å²) in [6.07, 6.45) is 7.18. The van der Waals surface area contributed by atoms with Gasteiger partial charge in [-0.3, -0.25) is 0 Å². The highest BCUT2D eigenvalue weighted by atomic mass is 16.3. The van der Waals surface area contributed by atoms with Crippen LogP contribution in [0.2, 0.25) is 0 Å². The fraction of sp³-hybridized carbons (Fsp3) is 0.929. The summed E-state index contributed by atoms with van der Waals surface area (Å²) in [7, 11) is 0. The SMILES string of the molecule is C[C@H](O)CNC(=O)NC12CC3CC(CC(C3)C1)C2. The Balaban J connectivity index is 1.60. The monoisotopic (exact) mass is 252 g/mol. The molecule has 4 bridgehead atoms. The average Bonchev–Trinajstić information content (AvgIpc) is 2.23. The van der Waals surface area contributed by atoms with Gasteiger partial charge < -0.3 is 15.7 Å². The molecule has 0 aliphatic heterocycles. The Morgan fingerprint density at radius 3 is 2.17 bits per heavy atom. The Kier molecular flexibility index (Phi) is 3.00. The topological polar surface area (TPSA) is 61.4 Å². The minimum atomic E-state index is -0.480. The van der Waals surface area contributed by atoms with Crippen LogP contribution in [0.5, 0.6) is 0 Å². The zero-order chi connectivity index (χ0) is 12.8. The first-order valence-electron chi connectivity index (χ1n) is 7.29. The molecule has 4 fully saturated rings. The lowest BCUT2D eigenvalue weighted by molar-refractivity contribution is -0.0136. The van der Waals surface area contributed by atoms with Gasteiger partial charge in [0.1, 0.15) is 0 Å². The third kappa shape index (κ3) is 2.35. The average molecular weight is 252 g/mol. The van der Waals surface area contributed by atoms with Gasteiger partial charge in [-0.1, -0.05) is 0 Å². The zero-order valence-electron chi connectivity index (χ0n) is 11.1. The Morgan fingerprint density at radius 2 is 1.72 bits per heavy atom. The Hall–Kier alpha value is -0.770. The molecule has 4 rings (SSSR count). The van der Waals surface area contributed by atoms with Crippen molar-refractivity contribution in [2.24, 2.45) is 17.8 Å². The first-order valence-corrected chi connectivity index (χ1v) is 7.29. The summed E-state index contributed by atoms with van der Waals surface area (Å²) in [6.45, 7) is 2.02. The molecule has 0 aromatic rings. The van der Waals surface area contributed by atoms with E-state index >= 15 is 0 Å². The number of carbonyl (C=O) groups is 1. The third-order valence-corrected chi connectivity index (χ3v) is 4.97. The van der Waals surface area contributed by atoms with Gasteiger partial charge in [-0.2, -0.15) is 0 Å². The molecule has 0 unspecified atom stereocenters. The molecule has 4 saturated carbocycles. The van der Waals surface area contributed by atoms with Crippen LogP contribution in [0.15, 0.2) is 0 Å². The largest absolute Gasteiger partial charge is 0.392 e. The van der Waals surface area contributed by atoms with Crippen molar-refractivity contribution in [1.82, 2.24) is 10.6 Å². The lowest BCUT2D eigenvalue weighted by atomic mass is 9.53. The number of hydrogen-bond acceptors (Lipinski definition) is 2. The molecule has 102 valence electrons. The van der Waals surface area contributed by atoms with Crippen LogP contribution >= 0.6 is 0 Å². The zero-order valence-corrected chi connectivity index (χ0v) is 11.1. The van der Waals surface area contributed by atoms with E-state index in [1.807, 2.05) is 0 Å². The molecule has 0 aromatic carbocycles. The van der Waals surface area contributed by atoms with Crippen LogP contribution in [-0.2, 0) is 0 Å². The van der Waals surface area contributed by atoms with Crippen molar-refractivity contribution in [2.75, 3.05) is 6.54 Å². The second-order valence-corrected chi connectivity index (χ2v) is 6.88. The van der Waals surface area contributed by atoms with Crippen LogP contribution in [-0.4, -0.2) is 29.3 Å². The Labute approximate surface area is 109 Å². The van der Waals surface area contributed by atoms with E-state index in [1.54, 1.807) is 6.92 Å². The molecule has 1 atom stereocenters. The number of urea groups is 1. The predicted molar refractivity (Wildman–Crippen MR) is 69.1 cm³/mol. The van der Waals surface area contributed by atoms with Crippen molar-refractivity contribution in [1.29, 1.82) is 0 Å². The van der Waals surface area contributed by atoms with Gasteiger partial charge in [-0.05, 0) is 63.2 Å². The van der Waals surface area contributed by atoms with Gasteiger partial charge in [0, 0.05) is 12.1 Å². The maximum atomic E-state index is 11.9. The van der Waals surface area contributed by atoms with Crippen LogP contribution in [0.25, 0.3) is 0 Å². The van der Waals surface area contributed by atoms with E-state index in [-0.39, 0.29) is 11.6 Å². The molecule has 4 aliphatic rings. The number of hydrogen-bond donors (Lipinski definition) is 3. The van der Waals surface area contributed by atoms with E-state index in [0.717, 1.165) is 17.8 Å². The van der Waals surface area contributed by atoms with Gasteiger partial charge in [-0.25, -0.2) is 4.79 Å². The van der Waals surface area contributed by atoms with Crippen molar-refractivity contribution in [3.8, 4) is 0 Å². The third-order valence-electron chi connectivity index (χ3n) is 4.97. The Bertz CT molecular complexity index is 305. The molecule has 4 heteroatoms. The molecule has 2 amide bonds. The fourth-order valence-corrected chi connectivity index (χ4v) is 4.79. The lowest BCUT2D eigenvalue weighted by Crippen LogP contribution is -2.61. The minimum absolute atomic E-state index is 0.0670. The molecule has 18 heavy (non-hydrogen) atoms. The predicted octanol–water partition coefficient (Wildman–Crippen LogP) is 1.64. The smallest absolute Gasteiger partial charge is 0.315 e. The van der Waals surface area contributed by atoms with Crippen LogP contribution < -0.4 is 10.6 Å². The van der Waals surface area contributed by atoms with Crippen LogP contribution in [0.3, 0.4) is 0 Å². The molecule has 3 N–H and O–H groups in total. The highest BCUT2D eigenvalue weighted by Crippen LogP contribution is 2.55. The van der Waals surface area contributed by atoms with Gasteiger partial charge in [0.15, 0.2) is 0 Å². The summed E-state index contributed by atoms with van der Waals surface area (Å²) in [5, 5.41) is 15.2. The van der Waals surface area contributed by atoms with Gasteiger partial charge >= 0.3 is 6.03 Å². The summed E-state index contributed by atoms with van der Waals surface area (Å²) in [6, 6.07) is -0.0992. The summed E-state index contributed by atoms with van der Waals surface area (Å²) < 4.78 is 0. The standard InChI is InChI=1S/C14H24N2O2/c1-9(17)8-15-13(18)16-14-5-10-2-11(6-14)4-12(3-10)7-14/h9-12,17H,2-8H2,1H3,(H2,15,16,18)/t9-,10?,11?,12?,14?/m0/s1. The van der Waals surface area contributed by atoms with Crippen molar-refractivity contribution in [3.63, 3.8) is 0 Å². The van der Waals surface area contributed by atoms with Gasteiger partial charge in [0.25, 0.3) is 0 Å². The molecule has 0 spiro atoms. The number of aliphatic hydroxyl groups is 1. The van der Waals surface area contributed by atoms with Crippen molar-refractivity contribution in [2.45, 2.75) is 57.1 Å². The van der Waals surface area contributed by atoms with Crippen LogP contribution in [0.1, 0.15) is 45.4 Å². The molecule has 4 nitrogen and oxygen atoms in total. The molecule has 0 heterocycles. The molecule has 0 aromatic heterocycles. The van der Waals surface area contributed by atoms with E-state index in [4.69, 9.17) is 0 Å². The van der Waals surface area contributed by atoms with E-state index in [9.17, 15) is 9.90 Å². The van der Waals surface area contributed by atoms with E-state index in [2.05, 4.69) is 10.6 Å². The molecule has 4 aliphatic carbocycles. The van der Waals surface area contributed by atoms with E-state index < -0.39 is 6.10 Å². The van der Waals surface area contributed by atoms with Crippen molar-refractivity contribution in [3.05, 3.63) is 0 Å².